The van der Waals surface area contributed by atoms with E-state index in [0.717, 1.165) is 11.1 Å². The molecule has 0 aliphatic carbocycles. The molecule has 14 heteroatoms. The van der Waals surface area contributed by atoms with Gasteiger partial charge in [0.25, 0.3) is 0 Å². The summed E-state index contributed by atoms with van der Waals surface area (Å²) in [5.41, 5.74) is 2.14. The monoisotopic (exact) mass is 704 g/mol. The number of aromatic nitrogens is 2. The van der Waals surface area contributed by atoms with E-state index >= 15 is 0 Å². The Balaban J connectivity index is 1.50. The average Bonchev–Trinajstić information content (AvgIpc) is 3.82. The van der Waals surface area contributed by atoms with Crippen LogP contribution in [0.4, 0.5) is 9.59 Å². The van der Waals surface area contributed by atoms with Crippen molar-refractivity contribution >= 4 is 18.0 Å². The van der Waals surface area contributed by atoms with Gasteiger partial charge < -0.3 is 44.7 Å². The number of alkyl carbamates (subject to hydrolysis) is 1. The van der Waals surface area contributed by atoms with Crippen molar-refractivity contribution in [3.05, 3.63) is 108 Å². The molecule has 0 bridgehead atoms. The Morgan fingerprint density at radius 3 is 1.94 bits per heavy atom. The molecule has 5 atom stereocenters. The molecule has 0 aliphatic rings. The van der Waals surface area contributed by atoms with E-state index in [9.17, 15) is 24.6 Å². The number of hydrogen-bond donors (Lipinski definition) is 5. The quantitative estimate of drug-likeness (QED) is 0.108. The van der Waals surface area contributed by atoms with Gasteiger partial charge in [0.15, 0.2) is 18.3 Å². The van der Waals surface area contributed by atoms with E-state index in [4.69, 9.17) is 13.7 Å². The summed E-state index contributed by atoms with van der Waals surface area (Å²) >= 11 is 0. The lowest BCUT2D eigenvalue weighted by atomic mass is 9.90. The van der Waals surface area contributed by atoms with Crippen molar-refractivity contribution < 1.29 is 38.3 Å². The Morgan fingerprint density at radius 2 is 1.43 bits per heavy atom. The number of hydrogen-bond acceptors (Lipinski definition) is 10. The van der Waals surface area contributed by atoms with Gasteiger partial charge in [-0.25, -0.2) is 14.6 Å². The van der Waals surface area contributed by atoms with Gasteiger partial charge in [-0.2, -0.15) is 0 Å². The molecule has 0 radical (unpaired) electrons. The van der Waals surface area contributed by atoms with Crippen LogP contribution in [0.2, 0.25) is 0 Å². The Morgan fingerprint density at radius 1 is 0.843 bits per heavy atom. The van der Waals surface area contributed by atoms with Crippen molar-refractivity contribution in [2.45, 2.75) is 89.9 Å². The lowest BCUT2D eigenvalue weighted by Crippen LogP contribution is -2.60. The summed E-state index contributed by atoms with van der Waals surface area (Å²) < 4.78 is 15.7. The SMILES string of the molecule is CC(C)c1nc(CN(C)C(=O)N[C@H](C(=O)N[C@@H](Cc2ccccc2)[C@H](O)[C@@H](O)[C@H](Cc2ccccc2)NC(=O)OCc2ccno2)C(C)C)co1. The van der Waals surface area contributed by atoms with Gasteiger partial charge in [0, 0.05) is 19.0 Å². The number of carbonyl (C=O) groups excluding carboxylic acids is 3. The lowest BCUT2D eigenvalue weighted by Gasteiger charge is -2.34. The maximum atomic E-state index is 13.9. The molecule has 14 nitrogen and oxygen atoms in total. The maximum absolute atomic E-state index is 13.9. The largest absolute Gasteiger partial charge is 0.448 e. The highest BCUT2D eigenvalue weighted by molar-refractivity contribution is 5.87. The number of aliphatic hydroxyl groups excluding tert-OH is 2. The second-order valence-corrected chi connectivity index (χ2v) is 13.1. The normalized spacial score (nSPS) is 14.3. The molecule has 0 saturated carbocycles. The summed E-state index contributed by atoms with van der Waals surface area (Å²) in [6.45, 7) is 7.46. The van der Waals surface area contributed by atoms with Gasteiger partial charge in [-0.05, 0) is 29.9 Å². The molecule has 0 unspecified atom stereocenters. The predicted molar refractivity (Wildman–Crippen MR) is 187 cm³/mol. The van der Waals surface area contributed by atoms with Crippen LogP contribution in [0.15, 0.2) is 88.1 Å². The number of nitrogens with zero attached hydrogens (tertiary/aromatic N) is 3. The van der Waals surface area contributed by atoms with E-state index in [1.807, 2.05) is 74.5 Å². The first-order valence-electron chi connectivity index (χ1n) is 16.9. The number of benzene rings is 2. The molecule has 0 saturated heterocycles. The smallest absolute Gasteiger partial charge is 0.407 e. The number of amides is 4. The molecule has 51 heavy (non-hydrogen) atoms. The van der Waals surface area contributed by atoms with Crippen LogP contribution < -0.4 is 16.0 Å². The number of aliphatic hydroxyl groups is 2. The van der Waals surface area contributed by atoms with Crippen molar-refractivity contribution in [2.24, 2.45) is 5.92 Å². The van der Waals surface area contributed by atoms with Gasteiger partial charge in [-0.15, -0.1) is 0 Å². The van der Waals surface area contributed by atoms with Gasteiger partial charge in [-0.1, -0.05) is 93.5 Å². The highest BCUT2D eigenvalue weighted by atomic mass is 16.6. The van der Waals surface area contributed by atoms with Gasteiger partial charge in [0.05, 0.1) is 30.5 Å². The number of nitrogens with one attached hydrogen (secondary N) is 3. The predicted octanol–water partition coefficient (Wildman–Crippen LogP) is 3.94. The van der Waals surface area contributed by atoms with Crippen molar-refractivity contribution in [1.82, 2.24) is 31.0 Å². The van der Waals surface area contributed by atoms with Crippen molar-refractivity contribution in [3.63, 3.8) is 0 Å². The third-order valence-corrected chi connectivity index (χ3v) is 8.28. The zero-order valence-corrected chi connectivity index (χ0v) is 29.6. The van der Waals surface area contributed by atoms with E-state index in [0.29, 0.717) is 17.3 Å². The third-order valence-electron chi connectivity index (χ3n) is 8.28. The number of oxazole rings is 1. The zero-order chi connectivity index (χ0) is 36.9. The summed E-state index contributed by atoms with van der Waals surface area (Å²) in [5.74, 6) is 0.0859. The lowest BCUT2D eigenvalue weighted by molar-refractivity contribution is -0.126. The van der Waals surface area contributed by atoms with Crippen LogP contribution in [0.3, 0.4) is 0 Å². The van der Waals surface area contributed by atoms with Crippen LogP contribution in [-0.2, 0) is 35.5 Å². The number of urea groups is 1. The zero-order valence-electron chi connectivity index (χ0n) is 29.6. The van der Waals surface area contributed by atoms with Crippen molar-refractivity contribution in [3.8, 4) is 0 Å². The van der Waals surface area contributed by atoms with Crippen LogP contribution in [-0.4, -0.2) is 80.7 Å². The average molecular weight is 705 g/mol. The van der Waals surface area contributed by atoms with Crippen molar-refractivity contribution in [2.75, 3.05) is 7.05 Å². The molecular formula is C37H48N6O8. The topological polar surface area (TPSA) is 192 Å². The molecule has 4 aromatic rings. The van der Waals surface area contributed by atoms with E-state index in [1.165, 1.54) is 17.4 Å². The highest BCUT2D eigenvalue weighted by Gasteiger charge is 2.36. The van der Waals surface area contributed by atoms with E-state index < -0.39 is 48.4 Å². The second kappa shape index (κ2) is 18.7. The van der Waals surface area contributed by atoms with Crippen LogP contribution in [0.1, 0.15) is 62.1 Å². The molecule has 274 valence electrons. The third kappa shape index (κ3) is 11.7. The number of rotatable bonds is 17. The first kappa shape index (κ1) is 38.6. The minimum atomic E-state index is -1.56. The minimum absolute atomic E-state index is 0.0907. The number of ether oxygens (including phenoxy) is 1. The fraction of sp³-hybridized carbons (Fsp3) is 0.432. The fourth-order valence-corrected chi connectivity index (χ4v) is 5.40. The highest BCUT2D eigenvalue weighted by Crippen LogP contribution is 2.17. The van der Waals surface area contributed by atoms with Gasteiger partial charge >= 0.3 is 12.1 Å². The second-order valence-electron chi connectivity index (χ2n) is 13.1. The van der Waals surface area contributed by atoms with Crippen molar-refractivity contribution in [1.29, 1.82) is 0 Å². The molecule has 0 fully saturated rings. The van der Waals surface area contributed by atoms with Crippen LogP contribution in [0.5, 0.6) is 0 Å². The molecule has 0 aliphatic heterocycles. The molecule has 2 aromatic carbocycles. The summed E-state index contributed by atoms with van der Waals surface area (Å²) in [6, 6.07) is 16.3. The van der Waals surface area contributed by atoms with Crippen LogP contribution in [0.25, 0.3) is 0 Å². The Labute approximate surface area is 297 Å². The van der Waals surface area contributed by atoms with Gasteiger partial charge in [-0.3, -0.25) is 4.79 Å². The minimum Gasteiger partial charge on any atom is -0.448 e. The molecule has 5 N–H and O–H groups in total. The molecule has 2 aromatic heterocycles. The summed E-state index contributed by atoms with van der Waals surface area (Å²) in [4.78, 5) is 45.8. The molecular weight excluding hydrogens is 656 g/mol. The maximum Gasteiger partial charge on any atom is 0.407 e. The molecule has 4 rings (SSSR count). The van der Waals surface area contributed by atoms with Gasteiger partial charge in [0.2, 0.25) is 5.91 Å². The van der Waals surface area contributed by atoms with E-state index in [1.54, 1.807) is 27.0 Å². The Bertz CT molecular complexity index is 1650. The van der Waals surface area contributed by atoms with Crippen LogP contribution >= 0.6 is 0 Å². The standard InChI is InChI=1S/C37H48N6O8/c1-23(2)31(42-36(47)43(5)20-27-21-49-35(39-27)24(3)4)34(46)40-29(18-25-12-8-6-9-13-25)32(44)33(45)30(19-26-14-10-7-11-15-26)41-37(48)50-22-28-16-17-38-51-28/h6-17,21,23-24,29-33,44-45H,18-20,22H2,1-5H3,(H,40,46)(H,41,48)(H,42,47)/t29-,30-,31-,32-,33-/m0/s1. The van der Waals surface area contributed by atoms with E-state index in [-0.39, 0.29) is 37.8 Å². The van der Waals surface area contributed by atoms with E-state index in [2.05, 4.69) is 26.1 Å². The summed E-state index contributed by atoms with van der Waals surface area (Å²) in [7, 11) is 1.59. The first-order valence-corrected chi connectivity index (χ1v) is 16.9. The molecule has 0 spiro atoms. The Hall–Kier alpha value is -5.21. The number of carbonyl (C=O) groups is 3. The summed E-state index contributed by atoms with van der Waals surface area (Å²) in [5, 5.41) is 35.3. The first-order chi connectivity index (χ1) is 24.4. The molecule has 2 heterocycles. The van der Waals surface area contributed by atoms with Gasteiger partial charge in [0.1, 0.15) is 24.5 Å². The summed E-state index contributed by atoms with van der Waals surface area (Å²) in [6.07, 6.45) is -0.766. The Kier molecular flexibility index (Phi) is 14.1. The van der Waals surface area contributed by atoms with Crippen LogP contribution in [0, 0.1) is 5.92 Å². The fourth-order valence-electron chi connectivity index (χ4n) is 5.40. The molecule has 4 amide bonds.